The van der Waals surface area contributed by atoms with Gasteiger partial charge in [0.15, 0.2) is 5.96 Å². The molecular weight excluding hydrogens is 162 g/mol. The zero-order valence-electron chi connectivity index (χ0n) is 9.09. The molecule has 0 bridgehead atoms. The summed E-state index contributed by atoms with van der Waals surface area (Å²) in [4.78, 5) is 4.38. The van der Waals surface area contributed by atoms with Crippen LogP contribution >= 0.6 is 0 Å². The van der Waals surface area contributed by atoms with Crippen molar-refractivity contribution in [2.24, 2.45) is 10.9 Å². The minimum atomic E-state index is 0.493. The maximum atomic E-state index is 4.38. The van der Waals surface area contributed by atoms with Crippen LogP contribution in [0.1, 0.15) is 34.1 Å². The quantitative estimate of drug-likeness (QED) is 0.693. The molecule has 0 amide bonds. The summed E-state index contributed by atoms with van der Waals surface area (Å²) in [5.74, 6) is 1.64. The van der Waals surface area contributed by atoms with Crippen LogP contribution in [0.25, 0.3) is 0 Å². The molecule has 1 rings (SSSR count). The van der Waals surface area contributed by atoms with Gasteiger partial charge in [-0.25, -0.2) is 0 Å². The number of guanidine groups is 1. The second-order valence-electron chi connectivity index (χ2n) is 4.14. The predicted octanol–water partition coefficient (Wildman–Crippen LogP) is 1.36. The molecule has 0 spiro atoms. The fraction of sp³-hybridized carbons (Fsp3) is 0.900. The predicted molar refractivity (Wildman–Crippen MR) is 57.0 cm³/mol. The highest BCUT2D eigenvalue weighted by atomic mass is 15.2. The van der Waals surface area contributed by atoms with Gasteiger partial charge in [-0.1, -0.05) is 20.8 Å². The Hall–Kier alpha value is -0.730. The van der Waals surface area contributed by atoms with Crippen molar-refractivity contribution >= 4 is 5.96 Å². The topological polar surface area (TPSA) is 36.4 Å². The third-order valence-electron chi connectivity index (χ3n) is 2.47. The van der Waals surface area contributed by atoms with Gasteiger partial charge in [-0.05, 0) is 19.3 Å². The summed E-state index contributed by atoms with van der Waals surface area (Å²) in [6.45, 7) is 9.72. The molecule has 2 N–H and O–H groups in total. The summed E-state index contributed by atoms with van der Waals surface area (Å²) < 4.78 is 0. The zero-order chi connectivity index (χ0) is 9.84. The third kappa shape index (κ3) is 2.90. The SMILES string of the molecule is CCC(NC1=NCC(C)N1)C(C)C. The standard InChI is InChI=1S/C10H21N3/c1-5-9(7(2)3)13-10-11-6-8(4)12-10/h7-9H,5-6H2,1-4H3,(H2,11,12,13). The van der Waals surface area contributed by atoms with Crippen molar-refractivity contribution in [1.82, 2.24) is 10.6 Å². The van der Waals surface area contributed by atoms with Crippen molar-refractivity contribution in [3.05, 3.63) is 0 Å². The van der Waals surface area contributed by atoms with Gasteiger partial charge in [0.05, 0.1) is 6.54 Å². The minimum Gasteiger partial charge on any atom is -0.353 e. The van der Waals surface area contributed by atoms with Crippen molar-refractivity contribution < 1.29 is 0 Å². The number of nitrogens with one attached hydrogen (secondary N) is 2. The number of aliphatic imine (C=N–C) groups is 1. The summed E-state index contributed by atoms with van der Waals surface area (Å²) in [6.07, 6.45) is 1.15. The van der Waals surface area contributed by atoms with Gasteiger partial charge < -0.3 is 10.6 Å². The molecule has 0 aromatic carbocycles. The molecule has 0 fully saturated rings. The molecule has 0 aliphatic carbocycles. The van der Waals surface area contributed by atoms with E-state index in [1.54, 1.807) is 0 Å². The monoisotopic (exact) mass is 183 g/mol. The first-order valence-corrected chi connectivity index (χ1v) is 5.21. The van der Waals surface area contributed by atoms with E-state index in [0.29, 0.717) is 18.0 Å². The van der Waals surface area contributed by atoms with Gasteiger partial charge in [0, 0.05) is 12.1 Å². The van der Waals surface area contributed by atoms with Crippen LogP contribution in [0.2, 0.25) is 0 Å². The third-order valence-corrected chi connectivity index (χ3v) is 2.47. The van der Waals surface area contributed by atoms with Crippen LogP contribution in [-0.4, -0.2) is 24.6 Å². The summed E-state index contributed by atoms with van der Waals surface area (Å²) >= 11 is 0. The molecule has 1 aliphatic rings. The maximum Gasteiger partial charge on any atom is 0.191 e. The zero-order valence-corrected chi connectivity index (χ0v) is 9.09. The number of hydrogen-bond acceptors (Lipinski definition) is 3. The van der Waals surface area contributed by atoms with Crippen LogP contribution in [0.5, 0.6) is 0 Å². The molecule has 13 heavy (non-hydrogen) atoms. The Morgan fingerprint density at radius 1 is 1.62 bits per heavy atom. The van der Waals surface area contributed by atoms with E-state index >= 15 is 0 Å². The molecule has 3 heteroatoms. The van der Waals surface area contributed by atoms with Crippen molar-refractivity contribution in [3.63, 3.8) is 0 Å². The van der Waals surface area contributed by atoms with E-state index in [0.717, 1.165) is 18.9 Å². The van der Waals surface area contributed by atoms with Gasteiger partial charge in [-0.3, -0.25) is 4.99 Å². The Kier molecular flexibility index (Phi) is 3.58. The van der Waals surface area contributed by atoms with Gasteiger partial charge in [0.1, 0.15) is 0 Å². The normalized spacial score (nSPS) is 24.1. The van der Waals surface area contributed by atoms with Gasteiger partial charge >= 0.3 is 0 Å². The Morgan fingerprint density at radius 2 is 2.31 bits per heavy atom. The van der Waals surface area contributed by atoms with Crippen molar-refractivity contribution in [2.75, 3.05) is 6.54 Å². The van der Waals surface area contributed by atoms with E-state index in [-0.39, 0.29) is 0 Å². The lowest BCUT2D eigenvalue weighted by Crippen LogP contribution is -2.45. The highest BCUT2D eigenvalue weighted by Crippen LogP contribution is 2.06. The first-order chi connectivity index (χ1) is 6.13. The Balaban J connectivity index is 2.38. The number of nitrogens with zero attached hydrogens (tertiary/aromatic N) is 1. The van der Waals surface area contributed by atoms with Crippen LogP contribution in [0.3, 0.4) is 0 Å². The Labute approximate surface area is 81.0 Å². The second-order valence-corrected chi connectivity index (χ2v) is 4.14. The van der Waals surface area contributed by atoms with E-state index in [9.17, 15) is 0 Å². The van der Waals surface area contributed by atoms with Crippen LogP contribution in [0, 0.1) is 5.92 Å². The molecule has 76 valence electrons. The Morgan fingerprint density at radius 3 is 2.69 bits per heavy atom. The minimum absolute atomic E-state index is 0.493. The molecule has 1 heterocycles. The van der Waals surface area contributed by atoms with Crippen molar-refractivity contribution in [3.8, 4) is 0 Å². The van der Waals surface area contributed by atoms with Gasteiger partial charge in [0.2, 0.25) is 0 Å². The molecular formula is C10H21N3. The van der Waals surface area contributed by atoms with Gasteiger partial charge in [0.25, 0.3) is 0 Å². The lowest BCUT2D eigenvalue weighted by molar-refractivity contribution is 0.438. The van der Waals surface area contributed by atoms with Gasteiger partial charge in [-0.2, -0.15) is 0 Å². The van der Waals surface area contributed by atoms with E-state index in [4.69, 9.17) is 0 Å². The molecule has 0 aromatic heterocycles. The number of hydrogen-bond donors (Lipinski definition) is 2. The maximum absolute atomic E-state index is 4.38. The highest BCUT2D eigenvalue weighted by molar-refractivity contribution is 5.82. The summed E-state index contributed by atoms with van der Waals surface area (Å²) in [6, 6.07) is 1.03. The molecule has 2 unspecified atom stereocenters. The molecule has 3 nitrogen and oxygen atoms in total. The van der Waals surface area contributed by atoms with E-state index < -0.39 is 0 Å². The lowest BCUT2D eigenvalue weighted by atomic mass is 10.0. The molecule has 2 atom stereocenters. The molecule has 0 radical (unpaired) electrons. The van der Waals surface area contributed by atoms with Crippen LogP contribution in [0.15, 0.2) is 4.99 Å². The summed E-state index contributed by atoms with van der Waals surface area (Å²) in [7, 11) is 0. The van der Waals surface area contributed by atoms with Crippen molar-refractivity contribution in [2.45, 2.75) is 46.2 Å². The highest BCUT2D eigenvalue weighted by Gasteiger charge is 2.17. The summed E-state index contributed by atoms with van der Waals surface area (Å²) in [5, 5.41) is 6.75. The molecule has 0 aromatic rings. The molecule has 0 saturated carbocycles. The first-order valence-electron chi connectivity index (χ1n) is 5.21. The Bertz CT molecular complexity index is 187. The largest absolute Gasteiger partial charge is 0.353 e. The van der Waals surface area contributed by atoms with Gasteiger partial charge in [-0.15, -0.1) is 0 Å². The van der Waals surface area contributed by atoms with E-state index in [2.05, 4.69) is 43.3 Å². The smallest absolute Gasteiger partial charge is 0.191 e. The van der Waals surface area contributed by atoms with Crippen LogP contribution in [0.4, 0.5) is 0 Å². The summed E-state index contributed by atoms with van der Waals surface area (Å²) in [5.41, 5.74) is 0. The lowest BCUT2D eigenvalue weighted by Gasteiger charge is -2.22. The molecule has 0 saturated heterocycles. The second kappa shape index (κ2) is 4.49. The van der Waals surface area contributed by atoms with E-state index in [1.807, 2.05) is 0 Å². The first kappa shape index (κ1) is 10.4. The number of rotatable bonds is 3. The fourth-order valence-corrected chi connectivity index (χ4v) is 1.56. The fourth-order valence-electron chi connectivity index (χ4n) is 1.56. The van der Waals surface area contributed by atoms with Crippen LogP contribution in [-0.2, 0) is 0 Å². The molecule has 1 aliphatic heterocycles. The van der Waals surface area contributed by atoms with E-state index in [1.165, 1.54) is 0 Å². The van der Waals surface area contributed by atoms with Crippen LogP contribution < -0.4 is 10.6 Å². The average Bonchev–Trinajstić information content (AvgIpc) is 2.46. The average molecular weight is 183 g/mol. The van der Waals surface area contributed by atoms with Crippen molar-refractivity contribution in [1.29, 1.82) is 0 Å².